The average molecular weight is 220 g/mol. The van der Waals surface area contributed by atoms with Crippen LogP contribution in [0.1, 0.15) is 30.5 Å². The van der Waals surface area contributed by atoms with E-state index < -0.39 is 0 Å². The summed E-state index contributed by atoms with van der Waals surface area (Å²) in [5.74, 6) is 0.437. The molecular formula is C12H16N2S. The average Bonchev–Trinajstić information content (AvgIpc) is 2.58. The van der Waals surface area contributed by atoms with Crippen LogP contribution >= 0.6 is 11.3 Å². The van der Waals surface area contributed by atoms with Gasteiger partial charge >= 0.3 is 0 Å². The van der Waals surface area contributed by atoms with Crippen LogP contribution in [0.2, 0.25) is 0 Å². The maximum absolute atomic E-state index is 6.09. The van der Waals surface area contributed by atoms with E-state index in [0.29, 0.717) is 5.92 Å². The van der Waals surface area contributed by atoms with E-state index in [2.05, 4.69) is 44.0 Å². The van der Waals surface area contributed by atoms with Crippen LogP contribution in [0.25, 0.3) is 10.2 Å². The van der Waals surface area contributed by atoms with Crippen molar-refractivity contribution in [1.82, 2.24) is 4.98 Å². The van der Waals surface area contributed by atoms with Crippen molar-refractivity contribution < 1.29 is 0 Å². The van der Waals surface area contributed by atoms with Crippen molar-refractivity contribution in [1.29, 1.82) is 0 Å². The lowest BCUT2D eigenvalue weighted by molar-refractivity contribution is 0.513. The highest BCUT2D eigenvalue weighted by atomic mass is 32.1. The highest BCUT2D eigenvalue weighted by molar-refractivity contribution is 7.18. The first-order chi connectivity index (χ1) is 7.08. The van der Waals surface area contributed by atoms with Crippen molar-refractivity contribution >= 4 is 21.6 Å². The quantitative estimate of drug-likeness (QED) is 0.843. The Hall–Kier alpha value is -0.930. The molecule has 0 fully saturated rings. The van der Waals surface area contributed by atoms with Gasteiger partial charge in [-0.3, -0.25) is 0 Å². The molecule has 0 saturated carbocycles. The summed E-state index contributed by atoms with van der Waals surface area (Å²) in [7, 11) is 0. The number of nitrogens with two attached hydrogens (primary N) is 1. The molecule has 15 heavy (non-hydrogen) atoms. The van der Waals surface area contributed by atoms with Gasteiger partial charge in [0.1, 0.15) is 5.01 Å². The standard InChI is InChI=1S/C12H16N2S/c1-7(2)11(13)12-14-9-6-8(3)4-5-10(9)15-12/h4-7,11H,13H2,1-3H3. The molecule has 2 N–H and O–H groups in total. The van der Waals surface area contributed by atoms with Gasteiger partial charge in [0.05, 0.1) is 16.3 Å². The van der Waals surface area contributed by atoms with Crippen LogP contribution in [0.4, 0.5) is 0 Å². The first-order valence-electron chi connectivity index (χ1n) is 5.20. The minimum atomic E-state index is 0.0581. The normalized spacial score (nSPS) is 13.7. The van der Waals surface area contributed by atoms with Crippen molar-refractivity contribution in [2.24, 2.45) is 11.7 Å². The van der Waals surface area contributed by atoms with Crippen LogP contribution in [-0.2, 0) is 0 Å². The number of aryl methyl sites for hydroxylation is 1. The SMILES string of the molecule is Cc1ccc2sc(C(N)C(C)C)nc2c1. The third-order valence-electron chi connectivity index (χ3n) is 2.56. The summed E-state index contributed by atoms with van der Waals surface area (Å²) >= 11 is 1.71. The van der Waals surface area contributed by atoms with Gasteiger partial charge in [0.2, 0.25) is 0 Å². The molecule has 2 rings (SSSR count). The second kappa shape index (κ2) is 3.91. The highest BCUT2D eigenvalue weighted by Gasteiger charge is 2.15. The second-order valence-electron chi connectivity index (χ2n) is 4.29. The molecule has 0 saturated heterocycles. The second-order valence-corrected chi connectivity index (χ2v) is 5.36. The van der Waals surface area contributed by atoms with Crippen molar-refractivity contribution in [3.63, 3.8) is 0 Å². The lowest BCUT2D eigenvalue weighted by Gasteiger charge is -2.11. The lowest BCUT2D eigenvalue weighted by atomic mass is 10.1. The van der Waals surface area contributed by atoms with Gasteiger partial charge in [-0.1, -0.05) is 19.9 Å². The van der Waals surface area contributed by atoms with Gasteiger partial charge < -0.3 is 5.73 Å². The van der Waals surface area contributed by atoms with Crippen molar-refractivity contribution in [2.45, 2.75) is 26.8 Å². The van der Waals surface area contributed by atoms with Gasteiger partial charge in [-0.25, -0.2) is 4.98 Å². The molecule has 0 aliphatic rings. The first-order valence-corrected chi connectivity index (χ1v) is 6.02. The van der Waals surface area contributed by atoms with Crippen LogP contribution < -0.4 is 5.73 Å². The molecule has 2 nitrogen and oxygen atoms in total. The van der Waals surface area contributed by atoms with E-state index >= 15 is 0 Å². The molecule has 1 aromatic heterocycles. The minimum Gasteiger partial charge on any atom is -0.322 e. The number of aromatic nitrogens is 1. The molecule has 0 bridgehead atoms. The Bertz CT molecular complexity index is 473. The summed E-state index contributed by atoms with van der Waals surface area (Å²) < 4.78 is 1.23. The number of rotatable bonds is 2. The number of thiazole rings is 1. The third kappa shape index (κ3) is 2.03. The summed E-state index contributed by atoms with van der Waals surface area (Å²) in [6, 6.07) is 6.41. The van der Waals surface area contributed by atoms with Crippen molar-refractivity contribution in [3.05, 3.63) is 28.8 Å². The van der Waals surface area contributed by atoms with Gasteiger partial charge in [0.25, 0.3) is 0 Å². The van der Waals surface area contributed by atoms with Gasteiger partial charge in [-0.2, -0.15) is 0 Å². The van der Waals surface area contributed by atoms with Crippen LogP contribution in [0.3, 0.4) is 0 Å². The Morgan fingerprint density at radius 3 is 2.73 bits per heavy atom. The van der Waals surface area contributed by atoms with Crippen LogP contribution in [0.5, 0.6) is 0 Å². The summed E-state index contributed by atoms with van der Waals surface area (Å²) in [4.78, 5) is 4.59. The van der Waals surface area contributed by atoms with E-state index in [0.717, 1.165) is 10.5 Å². The Morgan fingerprint density at radius 2 is 2.07 bits per heavy atom. The molecule has 3 heteroatoms. The smallest absolute Gasteiger partial charge is 0.111 e. The summed E-state index contributed by atoms with van der Waals surface area (Å²) in [5, 5.41) is 1.05. The van der Waals surface area contributed by atoms with Crippen LogP contribution in [0.15, 0.2) is 18.2 Å². The fraction of sp³-hybridized carbons (Fsp3) is 0.417. The zero-order valence-corrected chi connectivity index (χ0v) is 10.1. The predicted octanol–water partition coefficient (Wildman–Crippen LogP) is 3.26. The number of benzene rings is 1. The van der Waals surface area contributed by atoms with Gasteiger partial charge in [-0.05, 0) is 30.5 Å². The van der Waals surface area contributed by atoms with Crippen molar-refractivity contribution in [2.75, 3.05) is 0 Å². The van der Waals surface area contributed by atoms with Gasteiger partial charge in [-0.15, -0.1) is 11.3 Å². The fourth-order valence-corrected chi connectivity index (χ4v) is 2.61. The molecule has 1 atom stereocenters. The molecule has 1 unspecified atom stereocenters. The first kappa shape index (κ1) is 10.6. The fourth-order valence-electron chi connectivity index (χ4n) is 1.48. The number of hydrogen-bond acceptors (Lipinski definition) is 3. The summed E-state index contributed by atoms with van der Waals surface area (Å²) in [5.41, 5.74) is 8.41. The van der Waals surface area contributed by atoms with Crippen LogP contribution in [-0.4, -0.2) is 4.98 Å². The lowest BCUT2D eigenvalue weighted by Crippen LogP contribution is -2.16. The molecule has 0 amide bonds. The summed E-state index contributed by atoms with van der Waals surface area (Å²) in [6.07, 6.45) is 0. The molecule has 0 aliphatic carbocycles. The van der Waals surface area contributed by atoms with E-state index in [-0.39, 0.29) is 6.04 Å². The Morgan fingerprint density at radius 1 is 1.33 bits per heavy atom. The third-order valence-corrected chi connectivity index (χ3v) is 3.70. The molecule has 1 heterocycles. The topological polar surface area (TPSA) is 38.9 Å². The predicted molar refractivity (Wildman–Crippen MR) is 66.1 cm³/mol. The largest absolute Gasteiger partial charge is 0.322 e. The van der Waals surface area contributed by atoms with E-state index in [9.17, 15) is 0 Å². The summed E-state index contributed by atoms with van der Waals surface area (Å²) in [6.45, 7) is 6.34. The minimum absolute atomic E-state index is 0.0581. The number of fused-ring (bicyclic) bond motifs is 1. The molecular weight excluding hydrogens is 204 g/mol. The maximum Gasteiger partial charge on any atom is 0.111 e. The number of nitrogens with zero attached hydrogens (tertiary/aromatic N) is 1. The van der Waals surface area contributed by atoms with Crippen LogP contribution in [0, 0.1) is 12.8 Å². The molecule has 0 spiro atoms. The number of hydrogen-bond donors (Lipinski definition) is 1. The highest BCUT2D eigenvalue weighted by Crippen LogP contribution is 2.29. The van der Waals surface area contributed by atoms with Gasteiger partial charge in [0.15, 0.2) is 0 Å². The Labute approximate surface area is 94.1 Å². The van der Waals surface area contributed by atoms with E-state index in [1.807, 2.05) is 0 Å². The van der Waals surface area contributed by atoms with E-state index in [1.165, 1.54) is 10.3 Å². The van der Waals surface area contributed by atoms with E-state index in [4.69, 9.17) is 5.73 Å². The molecule has 0 aliphatic heterocycles. The van der Waals surface area contributed by atoms with Crippen molar-refractivity contribution in [3.8, 4) is 0 Å². The monoisotopic (exact) mass is 220 g/mol. The molecule has 1 aromatic carbocycles. The Balaban J connectivity index is 2.47. The molecule has 80 valence electrons. The molecule has 2 aromatic rings. The Kier molecular flexibility index (Phi) is 2.76. The van der Waals surface area contributed by atoms with E-state index in [1.54, 1.807) is 11.3 Å². The molecule has 0 radical (unpaired) electrons. The zero-order valence-electron chi connectivity index (χ0n) is 9.32. The van der Waals surface area contributed by atoms with Gasteiger partial charge in [0, 0.05) is 0 Å². The zero-order chi connectivity index (χ0) is 11.0. The maximum atomic E-state index is 6.09.